The van der Waals surface area contributed by atoms with Gasteiger partial charge in [0.15, 0.2) is 5.75 Å². The summed E-state index contributed by atoms with van der Waals surface area (Å²) in [5.74, 6) is -0.736. The first-order valence-electron chi connectivity index (χ1n) is 5.33. The Morgan fingerprint density at radius 1 is 1.20 bits per heavy atom. The summed E-state index contributed by atoms with van der Waals surface area (Å²) in [4.78, 5) is 12.1. The summed E-state index contributed by atoms with van der Waals surface area (Å²) in [5.41, 5.74) is 0.375. The summed E-state index contributed by atoms with van der Waals surface area (Å²) in [5, 5.41) is 12.9. The number of hydrogen-bond acceptors (Lipinski definition) is 2. The number of phenols is 1. The second kappa shape index (κ2) is 6.22. The largest absolute Gasteiger partial charge is 0.504 e. The Bertz CT molecular complexity index is 692. The Kier molecular flexibility index (Phi) is 4.81. The number of phenolic OH excluding ortho intramolecular Hbond substituents is 1. The molecule has 0 unspecified atom stereocenters. The van der Waals surface area contributed by atoms with Gasteiger partial charge in [-0.2, -0.15) is 0 Å². The minimum absolute atomic E-state index is 0.0492. The summed E-state index contributed by atoms with van der Waals surface area (Å²) in [6.45, 7) is 0. The van der Waals surface area contributed by atoms with Gasteiger partial charge in [0.25, 0.3) is 5.91 Å². The smallest absolute Gasteiger partial charge is 0.257 e. The molecule has 20 heavy (non-hydrogen) atoms. The minimum Gasteiger partial charge on any atom is -0.504 e. The lowest BCUT2D eigenvalue weighted by Crippen LogP contribution is -2.12. The SMILES string of the molecule is O=C(Nc1cc(Cl)cc(Cl)c1O)c1cccc(Br)c1Cl. The highest BCUT2D eigenvalue weighted by molar-refractivity contribution is 9.10. The Morgan fingerprint density at radius 3 is 2.60 bits per heavy atom. The normalized spacial score (nSPS) is 10.4. The van der Waals surface area contributed by atoms with Crippen molar-refractivity contribution in [2.24, 2.45) is 0 Å². The maximum Gasteiger partial charge on any atom is 0.257 e. The fourth-order valence-electron chi connectivity index (χ4n) is 1.53. The molecule has 0 atom stereocenters. The highest BCUT2D eigenvalue weighted by Gasteiger charge is 2.15. The molecule has 7 heteroatoms. The molecule has 0 heterocycles. The molecule has 0 saturated heterocycles. The van der Waals surface area contributed by atoms with E-state index in [1.165, 1.54) is 12.1 Å². The average molecular weight is 395 g/mol. The lowest BCUT2D eigenvalue weighted by atomic mass is 10.2. The van der Waals surface area contributed by atoms with Crippen molar-refractivity contribution in [2.75, 3.05) is 5.32 Å². The van der Waals surface area contributed by atoms with E-state index in [1.54, 1.807) is 18.2 Å². The van der Waals surface area contributed by atoms with Crippen LogP contribution in [0.25, 0.3) is 0 Å². The van der Waals surface area contributed by atoms with Gasteiger partial charge in [0.05, 0.1) is 21.3 Å². The molecular formula is C13H7BrCl3NO2. The van der Waals surface area contributed by atoms with Crippen molar-refractivity contribution >= 4 is 62.3 Å². The molecule has 3 nitrogen and oxygen atoms in total. The molecule has 0 fully saturated rings. The van der Waals surface area contributed by atoms with E-state index in [1.807, 2.05) is 0 Å². The van der Waals surface area contributed by atoms with Crippen LogP contribution in [0.5, 0.6) is 5.75 Å². The molecule has 2 rings (SSSR count). The zero-order valence-corrected chi connectivity index (χ0v) is 13.6. The van der Waals surface area contributed by atoms with Gasteiger partial charge in [0.1, 0.15) is 0 Å². The van der Waals surface area contributed by atoms with Crippen LogP contribution in [-0.2, 0) is 0 Å². The van der Waals surface area contributed by atoms with E-state index < -0.39 is 5.91 Å². The van der Waals surface area contributed by atoms with Crippen molar-refractivity contribution in [1.82, 2.24) is 0 Å². The molecule has 2 aromatic carbocycles. The monoisotopic (exact) mass is 393 g/mol. The third-order valence-corrected chi connectivity index (χ3v) is 4.28. The van der Waals surface area contributed by atoms with Crippen LogP contribution in [0.3, 0.4) is 0 Å². The molecule has 0 aromatic heterocycles. The fourth-order valence-corrected chi connectivity index (χ4v) is 2.60. The molecule has 0 aliphatic carbocycles. The predicted octanol–water partition coefficient (Wildman–Crippen LogP) is 5.37. The number of rotatable bonds is 2. The molecule has 2 N–H and O–H groups in total. The topological polar surface area (TPSA) is 49.3 Å². The number of carbonyl (C=O) groups excluding carboxylic acids is 1. The molecule has 0 saturated carbocycles. The molecule has 0 bridgehead atoms. The summed E-state index contributed by atoms with van der Waals surface area (Å²) < 4.78 is 0.597. The number of benzene rings is 2. The van der Waals surface area contributed by atoms with Gasteiger partial charge < -0.3 is 10.4 Å². The van der Waals surface area contributed by atoms with Crippen LogP contribution in [-0.4, -0.2) is 11.0 Å². The lowest BCUT2D eigenvalue weighted by Gasteiger charge is -2.10. The van der Waals surface area contributed by atoms with Crippen molar-refractivity contribution in [1.29, 1.82) is 0 Å². The molecule has 104 valence electrons. The molecule has 0 aliphatic rings. The van der Waals surface area contributed by atoms with Crippen molar-refractivity contribution in [3.05, 3.63) is 55.4 Å². The molecule has 0 spiro atoms. The van der Waals surface area contributed by atoms with Gasteiger partial charge in [0, 0.05) is 9.50 Å². The first-order valence-corrected chi connectivity index (χ1v) is 7.26. The van der Waals surface area contributed by atoms with Gasteiger partial charge in [-0.3, -0.25) is 4.79 Å². The van der Waals surface area contributed by atoms with Gasteiger partial charge in [-0.05, 0) is 40.2 Å². The number of anilines is 1. The quantitative estimate of drug-likeness (QED) is 0.672. The number of halogens is 4. The standard InChI is InChI=1S/C13H7BrCl3NO2/c14-8-3-1-2-7(11(8)17)13(20)18-10-5-6(15)4-9(16)12(10)19/h1-5,19H,(H,18,20). The van der Waals surface area contributed by atoms with Crippen LogP contribution in [0.4, 0.5) is 5.69 Å². The number of amides is 1. The average Bonchev–Trinajstić information content (AvgIpc) is 2.38. The Balaban J connectivity index is 2.35. The second-order valence-electron chi connectivity index (χ2n) is 3.84. The van der Waals surface area contributed by atoms with E-state index in [2.05, 4.69) is 21.2 Å². The van der Waals surface area contributed by atoms with Crippen LogP contribution in [0.15, 0.2) is 34.8 Å². The fraction of sp³-hybridized carbons (Fsp3) is 0. The second-order valence-corrected chi connectivity index (χ2v) is 5.92. The zero-order chi connectivity index (χ0) is 14.9. The van der Waals surface area contributed by atoms with Crippen LogP contribution in [0, 0.1) is 0 Å². The molecule has 1 amide bonds. The molecule has 0 aliphatic heterocycles. The van der Waals surface area contributed by atoms with Crippen molar-refractivity contribution < 1.29 is 9.90 Å². The summed E-state index contributed by atoms with van der Waals surface area (Å²) in [7, 11) is 0. The van der Waals surface area contributed by atoms with Gasteiger partial charge in [-0.1, -0.05) is 40.9 Å². The van der Waals surface area contributed by atoms with Crippen molar-refractivity contribution in [2.45, 2.75) is 0 Å². The van der Waals surface area contributed by atoms with E-state index in [0.717, 1.165) is 0 Å². The van der Waals surface area contributed by atoms with Crippen LogP contribution < -0.4 is 5.32 Å². The molecular weight excluding hydrogens is 388 g/mol. The third kappa shape index (κ3) is 3.20. The summed E-state index contributed by atoms with van der Waals surface area (Å²) >= 11 is 20.9. The number of aromatic hydroxyl groups is 1. The maximum absolute atomic E-state index is 12.1. The van der Waals surface area contributed by atoms with E-state index >= 15 is 0 Å². The van der Waals surface area contributed by atoms with Crippen LogP contribution in [0.2, 0.25) is 15.1 Å². The number of hydrogen-bond donors (Lipinski definition) is 2. The summed E-state index contributed by atoms with van der Waals surface area (Å²) in [6.07, 6.45) is 0. The first kappa shape index (κ1) is 15.4. The van der Waals surface area contributed by atoms with Gasteiger partial charge in [-0.15, -0.1) is 0 Å². The number of nitrogens with one attached hydrogen (secondary N) is 1. The van der Waals surface area contributed by atoms with Crippen LogP contribution in [0.1, 0.15) is 10.4 Å². The van der Waals surface area contributed by atoms with Crippen molar-refractivity contribution in [3.63, 3.8) is 0 Å². The van der Waals surface area contributed by atoms with Gasteiger partial charge >= 0.3 is 0 Å². The maximum atomic E-state index is 12.1. The predicted molar refractivity (Wildman–Crippen MR) is 85.2 cm³/mol. The third-order valence-electron chi connectivity index (χ3n) is 2.47. The van der Waals surface area contributed by atoms with Crippen LogP contribution >= 0.6 is 50.7 Å². The lowest BCUT2D eigenvalue weighted by molar-refractivity contribution is 0.102. The molecule has 0 radical (unpaired) electrons. The number of carbonyl (C=O) groups is 1. The van der Waals surface area contributed by atoms with E-state index in [9.17, 15) is 9.90 Å². The zero-order valence-electron chi connectivity index (χ0n) is 9.75. The summed E-state index contributed by atoms with van der Waals surface area (Å²) in [6, 6.07) is 7.72. The molecule has 2 aromatic rings. The minimum atomic E-state index is -0.482. The Morgan fingerprint density at radius 2 is 1.90 bits per heavy atom. The highest BCUT2D eigenvalue weighted by Crippen LogP contribution is 2.35. The van der Waals surface area contributed by atoms with Gasteiger partial charge in [-0.25, -0.2) is 0 Å². The first-order chi connectivity index (χ1) is 9.40. The van der Waals surface area contributed by atoms with E-state index in [0.29, 0.717) is 9.50 Å². The highest BCUT2D eigenvalue weighted by atomic mass is 79.9. The van der Waals surface area contributed by atoms with Gasteiger partial charge in [0.2, 0.25) is 0 Å². The van der Waals surface area contributed by atoms with E-state index in [4.69, 9.17) is 34.8 Å². The Hall–Kier alpha value is -0.940. The van der Waals surface area contributed by atoms with E-state index in [-0.39, 0.29) is 27.0 Å². The van der Waals surface area contributed by atoms with Crippen molar-refractivity contribution in [3.8, 4) is 5.75 Å². The Labute approximate surface area is 138 Å².